The third kappa shape index (κ3) is 4.39. The van der Waals surface area contributed by atoms with Gasteiger partial charge in [-0.15, -0.1) is 0 Å². The van der Waals surface area contributed by atoms with Gasteiger partial charge in [0.2, 0.25) is 5.88 Å². The van der Waals surface area contributed by atoms with Crippen molar-refractivity contribution in [1.29, 1.82) is 0 Å². The van der Waals surface area contributed by atoms with Crippen molar-refractivity contribution in [3.8, 4) is 11.6 Å². The molecule has 0 aliphatic carbocycles. The molecule has 6 nitrogen and oxygen atoms in total. The Morgan fingerprint density at radius 2 is 1.54 bits per heavy atom. The van der Waals surface area contributed by atoms with E-state index in [1.807, 2.05) is 38.1 Å². The summed E-state index contributed by atoms with van der Waals surface area (Å²) in [5.41, 5.74) is 2.72. The molecule has 0 amide bonds. The number of nitrogens with zero attached hydrogens (tertiary/aromatic N) is 4. The highest BCUT2D eigenvalue weighted by molar-refractivity contribution is 6.30. The maximum absolute atomic E-state index is 5.99. The first-order chi connectivity index (χ1) is 12.5. The smallest absolute Gasteiger partial charge is 0.226 e. The second-order valence-electron chi connectivity index (χ2n) is 5.66. The zero-order valence-corrected chi connectivity index (χ0v) is 15.8. The first kappa shape index (κ1) is 18.4. The van der Waals surface area contributed by atoms with Gasteiger partial charge in [-0.3, -0.25) is 0 Å². The number of hydrogen-bond acceptors (Lipinski definition) is 6. The Hall–Kier alpha value is -2.44. The van der Waals surface area contributed by atoms with Crippen molar-refractivity contribution in [2.45, 2.75) is 20.3 Å². The van der Waals surface area contributed by atoms with E-state index in [2.05, 4.69) is 25.3 Å². The number of hydrogen-bond donors (Lipinski definition) is 1. The summed E-state index contributed by atoms with van der Waals surface area (Å²) in [6, 6.07) is 7.82. The number of anilines is 1. The predicted octanol–water partition coefficient (Wildman–Crippen LogP) is 4.64. The molecular weight excluding hydrogens is 373 g/mol. The number of halogens is 2. The summed E-state index contributed by atoms with van der Waals surface area (Å²) in [4.78, 5) is 16.2. The lowest BCUT2D eigenvalue weighted by Gasteiger charge is -2.10. The molecule has 0 aliphatic rings. The van der Waals surface area contributed by atoms with E-state index in [-0.39, 0.29) is 0 Å². The fourth-order valence-electron chi connectivity index (χ4n) is 2.28. The van der Waals surface area contributed by atoms with Crippen LogP contribution in [-0.4, -0.2) is 26.5 Å². The van der Waals surface area contributed by atoms with E-state index in [9.17, 15) is 0 Å². The Morgan fingerprint density at radius 1 is 0.885 bits per heavy atom. The quantitative estimate of drug-likeness (QED) is 0.619. The summed E-state index contributed by atoms with van der Waals surface area (Å²) < 4.78 is 5.76. The summed E-state index contributed by atoms with van der Waals surface area (Å²) in [7, 11) is 0. The second kappa shape index (κ2) is 8.29. The monoisotopic (exact) mass is 389 g/mol. The molecule has 3 rings (SSSR count). The van der Waals surface area contributed by atoms with Crippen molar-refractivity contribution in [3.05, 3.63) is 63.9 Å². The normalized spacial score (nSPS) is 10.6. The van der Waals surface area contributed by atoms with Gasteiger partial charge in [0, 0.05) is 17.7 Å². The number of rotatable bonds is 6. The zero-order chi connectivity index (χ0) is 18.5. The van der Waals surface area contributed by atoms with Gasteiger partial charge in [-0.05, 0) is 38.0 Å². The van der Waals surface area contributed by atoms with Gasteiger partial charge in [-0.1, -0.05) is 35.3 Å². The van der Waals surface area contributed by atoms with Crippen molar-refractivity contribution in [2.75, 3.05) is 11.9 Å². The van der Waals surface area contributed by atoms with Crippen LogP contribution in [0.25, 0.3) is 0 Å². The van der Waals surface area contributed by atoms with Crippen LogP contribution >= 0.6 is 23.2 Å². The van der Waals surface area contributed by atoms with Crippen LogP contribution in [-0.2, 0) is 6.42 Å². The minimum absolute atomic E-state index is 0.387. The first-order valence-electron chi connectivity index (χ1n) is 7.99. The summed E-state index contributed by atoms with van der Waals surface area (Å²) in [5, 5.41) is 4.12. The fraction of sp³-hybridized carbons (Fsp3) is 0.222. The summed E-state index contributed by atoms with van der Waals surface area (Å²) >= 11 is 12.0. The Kier molecular flexibility index (Phi) is 5.85. The SMILES string of the molecule is Cc1c(Cl)ncnc1NCCc1ccc(Oc2ncnc(Cl)c2C)cc1. The van der Waals surface area contributed by atoms with E-state index in [4.69, 9.17) is 27.9 Å². The van der Waals surface area contributed by atoms with Gasteiger partial charge in [0.25, 0.3) is 0 Å². The molecule has 8 heteroatoms. The van der Waals surface area contributed by atoms with Gasteiger partial charge in [0.05, 0.1) is 0 Å². The standard InChI is InChI=1S/C18H17Cl2N5O/c1-11-15(19)22-9-24-17(11)21-8-7-13-3-5-14(6-4-13)26-18-12(2)16(20)23-10-25-18/h3-6,9-10H,7-8H2,1-2H3,(H,21,22,24). The van der Waals surface area contributed by atoms with E-state index >= 15 is 0 Å². The lowest BCUT2D eigenvalue weighted by Crippen LogP contribution is -2.08. The molecule has 0 aliphatic heterocycles. The molecule has 2 heterocycles. The third-order valence-corrected chi connectivity index (χ3v) is 4.60. The van der Waals surface area contributed by atoms with Crippen LogP contribution in [0, 0.1) is 13.8 Å². The van der Waals surface area contributed by atoms with E-state index in [0.29, 0.717) is 27.5 Å². The Bertz CT molecular complexity index is 903. The maximum atomic E-state index is 5.99. The molecule has 1 N–H and O–H groups in total. The van der Waals surface area contributed by atoms with E-state index in [0.717, 1.165) is 24.3 Å². The van der Waals surface area contributed by atoms with Crippen LogP contribution in [0.5, 0.6) is 11.6 Å². The molecule has 134 valence electrons. The average Bonchev–Trinajstić information content (AvgIpc) is 2.64. The van der Waals surface area contributed by atoms with Gasteiger partial charge in [-0.25, -0.2) is 19.9 Å². The van der Waals surface area contributed by atoms with Crippen LogP contribution in [0.1, 0.15) is 16.7 Å². The number of aromatic nitrogens is 4. The molecule has 0 radical (unpaired) electrons. The van der Waals surface area contributed by atoms with Crippen molar-refractivity contribution in [3.63, 3.8) is 0 Å². The predicted molar refractivity (Wildman–Crippen MR) is 102 cm³/mol. The highest BCUT2D eigenvalue weighted by atomic mass is 35.5. The van der Waals surface area contributed by atoms with Gasteiger partial charge in [0.15, 0.2) is 0 Å². The van der Waals surface area contributed by atoms with E-state index in [1.165, 1.54) is 18.2 Å². The van der Waals surface area contributed by atoms with Gasteiger partial charge < -0.3 is 10.1 Å². The minimum atomic E-state index is 0.387. The van der Waals surface area contributed by atoms with Crippen molar-refractivity contribution in [1.82, 2.24) is 19.9 Å². The van der Waals surface area contributed by atoms with Crippen LogP contribution in [0.15, 0.2) is 36.9 Å². The number of benzene rings is 1. The molecule has 26 heavy (non-hydrogen) atoms. The van der Waals surface area contributed by atoms with Crippen molar-refractivity contribution in [2.24, 2.45) is 0 Å². The van der Waals surface area contributed by atoms with E-state index < -0.39 is 0 Å². The third-order valence-electron chi connectivity index (χ3n) is 3.84. The average molecular weight is 390 g/mol. The molecule has 3 aromatic rings. The molecular formula is C18H17Cl2N5O. The van der Waals surface area contributed by atoms with Crippen LogP contribution < -0.4 is 10.1 Å². The molecule has 0 bridgehead atoms. The molecule has 0 fully saturated rings. The molecule has 0 saturated carbocycles. The molecule has 0 spiro atoms. The summed E-state index contributed by atoms with van der Waals surface area (Å²) in [6.07, 6.45) is 3.66. The molecule has 2 aromatic heterocycles. The van der Waals surface area contributed by atoms with E-state index in [1.54, 1.807) is 0 Å². The van der Waals surface area contributed by atoms with Gasteiger partial charge >= 0.3 is 0 Å². The topological polar surface area (TPSA) is 72.8 Å². The van der Waals surface area contributed by atoms with Gasteiger partial charge in [-0.2, -0.15) is 0 Å². The Balaban J connectivity index is 1.58. The lowest BCUT2D eigenvalue weighted by molar-refractivity contribution is 0.457. The Morgan fingerprint density at radius 3 is 2.27 bits per heavy atom. The minimum Gasteiger partial charge on any atom is -0.439 e. The largest absolute Gasteiger partial charge is 0.439 e. The van der Waals surface area contributed by atoms with Crippen LogP contribution in [0.4, 0.5) is 5.82 Å². The lowest BCUT2D eigenvalue weighted by atomic mass is 10.1. The van der Waals surface area contributed by atoms with Crippen molar-refractivity contribution < 1.29 is 4.74 Å². The summed E-state index contributed by atoms with van der Waals surface area (Å²) in [5.74, 6) is 1.90. The van der Waals surface area contributed by atoms with Gasteiger partial charge in [0.1, 0.15) is 34.5 Å². The Labute approximate surface area is 161 Å². The van der Waals surface area contributed by atoms with Crippen LogP contribution in [0.3, 0.4) is 0 Å². The summed E-state index contributed by atoms with van der Waals surface area (Å²) in [6.45, 7) is 4.44. The first-order valence-corrected chi connectivity index (χ1v) is 8.75. The maximum Gasteiger partial charge on any atom is 0.226 e. The number of nitrogens with one attached hydrogen (secondary N) is 1. The number of ether oxygens (including phenoxy) is 1. The molecule has 1 aromatic carbocycles. The fourth-order valence-corrected chi connectivity index (χ4v) is 2.54. The zero-order valence-electron chi connectivity index (χ0n) is 14.3. The van der Waals surface area contributed by atoms with Crippen molar-refractivity contribution >= 4 is 29.0 Å². The highest BCUT2D eigenvalue weighted by Crippen LogP contribution is 2.26. The second-order valence-corrected chi connectivity index (χ2v) is 6.37. The molecule has 0 unspecified atom stereocenters. The van der Waals surface area contributed by atoms with Crippen LogP contribution in [0.2, 0.25) is 10.3 Å². The molecule has 0 atom stereocenters. The highest BCUT2D eigenvalue weighted by Gasteiger charge is 2.08. The molecule has 0 saturated heterocycles.